The molecule has 0 aliphatic rings. The molecule has 1 amide bonds. The number of amides is 1. The van der Waals surface area contributed by atoms with Crippen LogP contribution in [0.25, 0.3) is 10.8 Å². The molecule has 2 aromatic carbocycles. The Morgan fingerprint density at radius 1 is 1.20 bits per heavy atom. The van der Waals surface area contributed by atoms with Crippen molar-refractivity contribution in [3.8, 4) is 6.07 Å². The number of likely N-dealkylation sites (N-methyl/N-ethyl adjacent to an activating group) is 1. The van der Waals surface area contributed by atoms with E-state index in [4.69, 9.17) is 5.26 Å². The highest BCUT2D eigenvalue weighted by Crippen LogP contribution is 2.16. The molecular formula is C17H18N2O. The molecule has 0 fully saturated rings. The summed E-state index contributed by atoms with van der Waals surface area (Å²) in [5.74, 6) is 0.0815. The normalized spacial score (nSPS) is 10.2. The Balaban J connectivity index is 2.10. The number of nitriles is 1. The van der Waals surface area contributed by atoms with Crippen LogP contribution in [0.5, 0.6) is 0 Å². The average molecular weight is 266 g/mol. The third-order valence-corrected chi connectivity index (χ3v) is 3.40. The second-order valence-corrected chi connectivity index (χ2v) is 4.74. The van der Waals surface area contributed by atoms with E-state index in [2.05, 4.69) is 24.3 Å². The Morgan fingerprint density at radius 2 is 1.95 bits per heavy atom. The van der Waals surface area contributed by atoms with Crippen molar-refractivity contribution in [3.63, 3.8) is 0 Å². The van der Waals surface area contributed by atoms with Crippen molar-refractivity contribution in [2.75, 3.05) is 13.1 Å². The minimum Gasteiger partial charge on any atom is -0.342 e. The standard InChI is InChI=1S/C17H18N2O/c1-2-19(11-5-10-18)17(20)13-14-8-9-15-6-3-4-7-16(15)12-14/h3-4,6-9,12H,2,5,11,13H2,1H3. The number of hydrogen-bond donors (Lipinski definition) is 0. The summed E-state index contributed by atoms with van der Waals surface area (Å²) in [7, 11) is 0. The van der Waals surface area contributed by atoms with Gasteiger partial charge >= 0.3 is 0 Å². The predicted octanol–water partition coefficient (Wildman–Crippen LogP) is 3.14. The van der Waals surface area contributed by atoms with Gasteiger partial charge in [0.2, 0.25) is 5.91 Å². The first-order valence-corrected chi connectivity index (χ1v) is 6.87. The first-order valence-electron chi connectivity index (χ1n) is 6.87. The molecule has 0 saturated heterocycles. The highest BCUT2D eigenvalue weighted by molar-refractivity contribution is 5.85. The van der Waals surface area contributed by atoms with Crippen LogP contribution in [-0.2, 0) is 11.2 Å². The summed E-state index contributed by atoms with van der Waals surface area (Å²) in [5.41, 5.74) is 1.02. The van der Waals surface area contributed by atoms with Crippen LogP contribution >= 0.6 is 0 Å². The molecule has 0 saturated carbocycles. The molecule has 2 aromatic rings. The molecule has 3 heteroatoms. The lowest BCUT2D eigenvalue weighted by Gasteiger charge is -2.19. The molecule has 0 atom stereocenters. The van der Waals surface area contributed by atoms with E-state index in [-0.39, 0.29) is 5.91 Å². The number of hydrogen-bond acceptors (Lipinski definition) is 2. The topological polar surface area (TPSA) is 44.1 Å². The van der Waals surface area contributed by atoms with Crippen LogP contribution in [0.2, 0.25) is 0 Å². The maximum absolute atomic E-state index is 12.2. The maximum atomic E-state index is 12.2. The number of nitrogens with zero attached hydrogens (tertiary/aromatic N) is 2. The Labute approximate surface area is 119 Å². The van der Waals surface area contributed by atoms with E-state index in [9.17, 15) is 4.79 Å². The summed E-state index contributed by atoms with van der Waals surface area (Å²) >= 11 is 0. The van der Waals surface area contributed by atoms with E-state index in [1.165, 1.54) is 5.39 Å². The molecule has 0 aliphatic heterocycles. The summed E-state index contributed by atoms with van der Waals surface area (Å²) in [5, 5.41) is 10.9. The summed E-state index contributed by atoms with van der Waals surface area (Å²) < 4.78 is 0. The molecule has 20 heavy (non-hydrogen) atoms. The minimum atomic E-state index is 0.0815. The summed E-state index contributed by atoms with van der Waals surface area (Å²) in [4.78, 5) is 13.9. The van der Waals surface area contributed by atoms with Crippen LogP contribution in [-0.4, -0.2) is 23.9 Å². The maximum Gasteiger partial charge on any atom is 0.227 e. The minimum absolute atomic E-state index is 0.0815. The van der Waals surface area contributed by atoms with E-state index in [1.54, 1.807) is 4.90 Å². The van der Waals surface area contributed by atoms with E-state index in [0.717, 1.165) is 10.9 Å². The molecule has 0 N–H and O–H groups in total. The van der Waals surface area contributed by atoms with Crippen molar-refractivity contribution in [1.29, 1.82) is 5.26 Å². The molecule has 0 aromatic heterocycles. The monoisotopic (exact) mass is 266 g/mol. The highest BCUT2D eigenvalue weighted by atomic mass is 16.2. The number of fused-ring (bicyclic) bond motifs is 1. The molecule has 0 bridgehead atoms. The lowest BCUT2D eigenvalue weighted by molar-refractivity contribution is -0.130. The van der Waals surface area contributed by atoms with Crippen molar-refractivity contribution in [2.24, 2.45) is 0 Å². The smallest absolute Gasteiger partial charge is 0.227 e. The molecule has 0 aliphatic carbocycles. The van der Waals surface area contributed by atoms with Gasteiger partial charge in [0.15, 0.2) is 0 Å². The fraction of sp³-hybridized carbons (Fsp3) is 0.294. The largest absolute Gasteiger partial charge is 0.342 e. The molecule has 0 spiro atoms. The van der Waals surface area contributed by atoms with Gasteiger partial charge in [0, 0.05) is 13.1 Å². The fourth-order valence-electron chi connectivity index (χ4n) is 2.28. The van der Waals surface area contributed by atoms with Gasteiger partial charge in [-0.1, -0.05) is 42.5 Å². The van der Waals surface area contributed by atoms with Gasteiger partial charge in [0.1, 0.15) is 0 Å². The molecule has 3 nitrogen and oxygen atoms in total. The van der Waals surface area contributed by atoms with Gasteiger partial charge in [-0.2, -0.15) is 5.26 Å². The summed E-state index contributed by atoms with van der Waals surface area (Å²) in [6.45, 7) is 3.10. The Bertz CT molecular complexity index is 643. The third kappa shape index (κ3) is 3.36. The van der Waals surface area contributed by atoms with Crippen molar-refractivity contribution in [2.45, 2.75) is 19.8 Å². The van der Waals surface area contributed by atoms with E-state index >= 15 is 0 Å². The van der Waals surface area contributed by atoms with Crippen LogP contribution in [0.3, 0.4) is 0 Å². The van der Waals surface area contributed by atoms with Gasteiger partial charge in [-0.3, -0.25) is 4.79 Å². The zero-order chi connectivity index (χ0) is 14.4. The molecule has 102 valence electrons. The second-order valence-electron chi connectivity index (χ2n) is 4.74. The van der Waals surface area contributed by atoms with E-state index < -0.39 is 0 Å². The van der Waals surface area contributed by atoms with Crippen molar-refractivity contribution in [1.82, 2.24) is 4.90 Å². The van der Waals surface area contributed by atoms with Gasteiger partial charge in [-0.15, -0.1) is 0 Å². The van der Waals surface area contributed by atoms with Crippen LogP contribution in [0, 0.1) is 11.3 Å². The zero-order valence-electron chi connectivity index (χ0n) is 11.7. The van der Waals surface area contributed by atoms with E-state index in [0.29, 0.717) is 25.9 Å². The third-order valence-electron chi connectivity index (χ3n) is 3.40. The first kappa shape index (κ1) is 14.1. The first-order chi connectivity index (χ1) is 9.74. The fourth-order valence-corrected chi connectivity index (χ4v) is 2.28. The van der Waals surface area contributed by atoms with Crippen molar-refractivity contribution >= 4 is 16.7 Å². The lowest BCUT2D eigenvalue weighted by Crippen LogP contribution is -2.32. The van der Waals surface area contributed by atoms with E-state index in [1.807, 2.05) is 31.2 Å². The second kappa shape index (κ2) is 6.72. The summed E-state index contributed by atoms with van der Waals surface area (Å²) in [6.07, 6.45) is 0.779. The number of carbonyl (C=O) groups is 1. The molecule has 0 heterocycles. The average Bonchev–Trinajstić information content (AvgIpc) is 2.48. The Kier molecular flexibility index (Phi) is 4.73. The molecule has 0 unspecified atom stereocenters. The number of benzene rings is 2. The summed E-state index contributed by atoms with van der Waals surface area (Å²) in [6, 6.07) is 16.3. The molecule has 0 radical (unpaired) electrons. The van der Waals surface area contributed by atoms with Gasteiger partial charge in [-0.05, 0) is 23.3 Å². The van der Waals surface area contributed by atoms with Crippen LogP contribution in [0.4, 0.5) is 0 Å². The van der Waals surface area contributed by atoms with Gasteiger partial charge in [-0.25, -0.2) is 0 Å². The van der Waals surface area contributed by atoms with Crippen LogP contribution in [0.1, 0.15) is 18.9 Å². The van der Waals surface area contributed by atoms with Crippen molar-refractivity contribution in [3.05, 3.63) is 48.0 Å². The quantitative estimate of drug-likeness (QED) is 0.834. The van der Waals surface area contributed by atoms with Crippen LogP contribution in [0.15, 0.2) is 42.5 Å². The number of rotatable bonds is 5. The van der Waals surface area contributed by atoms with Gasteiger partial charge in [0.05, 0.1) is 18.9 Å². The molecular weight excluding hydrogens is 248 g/mol. The lowest BCUT2D eigenvalue weighted by atomic mass is 10.0. The SMILES string of the molecule is CCN(CCC#N)C(=O)Cc1ccc2ccccc2c1. The Morgan fingerprint density at radius 3 is 2.65 bits per heavy atom. The predicted molar refractivity (Wildman–Crippen MR) is 80.1 cm³/mol. The Hall–Kier alpha value is -2.34. The van der Waals surface area contributed by atoms with Gasteiger partial charge in [0.25, 0.3) is 0 Å². The highest BCUT2D eigenvalue weighted by Gasteiger charge is 2.12. The number of carbonyl (C=O) groups excluding carboxylic acids is 1. The van der Waals surface area contributed by atoms with Crippen molar-refractivity contribution < 1.29 is 4.79 Å². The van der Waals surface area contributed by atoms with Crippen LogP contribution < -0.4 is 0 Å². The zero-order valence-corrected chi connectivity index (χ0v) is 11.7. The van der Waals surface area contributed by atoms with Gasteiger partial charge < -0.3 is 4.90 Å². The molecule has 2 rings (SSSR count).